The van der Waals surface area contributed by atoms with Gasteiger partial charge in [0.15, 0.2) is 21.5 Å². The van der Waals surface area contributed by atoms with Gasteiger partial charge in [0.1, 0.15) is 0 Å². The number of thioether (sulfide) groups is 1. The highest BCUT2D eigenvalue weighted by Crippen LogP contribution is 2.35. The molecule has 29 heavy (non-hydrogen) atoms. The number of aromatic nitrogens is 1. The predicted molar refractivity (Wildman–Crippen MR) is 113 cm³/mol. The molecular formula is C19H23N3O5S2. The number of rotatable bonds is 10. The van der Waals surface area contributed by atoms with Crippen LogP contribution in [0.3, 0.4) is 0 Å². The van der Waals surface area contributed by atoms with E-state index in [1.54, 1.807) is 14.2 Å². The molecule has 0 bridgehead atoms. The van der Waals surface area contributed by atoms with Crippen LogP contribution in [0.25, 0.3) is 0 Å². The van der Waals surface area contributed by atoms with Gasteiger partial charge in [-0.2, -0.15) is 0 Å². The van der Waals surface area contributed by atoms with Gasteiger partial charge < -0.3 is 24.8 Å². The minimum absolute atomic E-state index is 0.0593. The SMILES string of the molecule is COc1cccc(NC[C@H]2CCC(=O)N2CCSc2nc(C(=O)O)cs2)c1OC. The Labute approximate surface area is 177 Å². The smallest absolute Gasteiger partial charge is 0.355 e. The first-order chi connectivity index (χ1) is 14.0. The second-order valence-corrected chi connectivity index (χ2v) is 8.55. The molecule has 1 fully saturated rings. The van der Waals surface area contributed by atoms with Crippen LogP contribution >= 0.6 is 23.1 Å². The van der Waals surface area contributed by atoms with Gasteiger partial charge in [0.2, 0.25) is 5.91 Å². The molecule has 2 N–H and O–H groups in total. The number of hydrogen-bond acceptors (Lipinski definition) is 8. The second kappa shape index (κ2) is 9.84. The first kappa shape index (κ1) is 21.3. The number of ether oxygens (including phenoxy) is 2. The number of para-hydroxylation sites is 1. The Hall–Kier alpha value is -2.46. The van der Waals surface area contributed by atoms with E-state index in [9.17, 15) is 9.59 Å². The number of thiazole rings is 1. The molecule has 2 heterocycles. The maximum atomic E-state index is 12.3. The largest absolute Gasteiger partial charge is 0.493 e. The molecule has 1 aromatic heterocycles. The lowest BCUT2D eigenvalue weighted by Crippen LogP contribution is -2.39. The average Bonchev–Trinajstić information content (AvgIpc) is 3.33. The number of nitrogens with zero attached hydrogens (tertiary/aromatic N) is 2. The molecule has 0 spiro atoms. The molecule has 1 aromatic carbocycles. The number of anilines is 1. The number of nitrogens with one attached hydrogen (secondary N) is 1. The van der Waals surface area contributed by atoms with E-state index in [1.165, 1.54) is 28.5 Å². The number of hydrogen-bond donors (Lipinski definition) is 2. The van der Waals surface area contributed by atoms with Crippen molar-refractivity contribution in [1.29, 1.82) is 0 Å². The summed E-state index contributed by atoms with van der Waals surface area (Å²) in [4.78, 5) is 29.2. The Bertz CT molecular complexity index is 873. The summed E-state index contributed by atoms with van der Waals surface area (Å²) in [6.45, 7) is 1.20. The van der Waals surface area contributed by atoms with E-state index in [0.717, 1.165) is 12.1 Å². The number of amides is 1. The van der Waals surface area contributed by atoms with Crippen molar-refractivity contribution in [3.05, 3.63) is 29.3 Å². The standard InChI is InChI=1S/C19H23N3O5S2/c1-26-15-5-3-4-13(17(15)27-2)20-10-12-6-7-16(23)22(12)8-9-28-19-21-14(11-29-19)18(24)25/h3-5,11-12,20H,6-10H2,1-2H3,(H,24,25)/t12-/m1/s1. The Morgan fingerprint density at radius 1 is 1.41 bits per heavy atom. The number of aromatic carboxylic acids is 1. The third-order valence-electron chi connectivity index (χ3n) is 4.64. The maximum absolute atomic E-state index is 12.3. The Morgan fingerprint density at radius 3 is 2.93 bits per heavy atom. The van der Waals surface area contributed by atoms with Crippen molar-refractivity contribution >= 4 is 40.7 Å². The number of likely N-dealkylation sites (tertiary alicyclic amines) is 1. The van der Waals surface area contributed by atoms with Crippen molar-refractivity contribution < 1.29 is 24.2 Å². The summed E-state index contributed by atoms with van der Waals surface area (Å²) >= 11 is 2.77. The Balaban J connectivity index is 1.55. The Kier molecular flexibility index (Phi) is 7.21. The van der Waals surface area contributed by atoms with E-state index < -0.39 is 5.97 Å². The first-order valence-corrected chi connectivity index (χ1v) is 11.0. The summed E-state index contributed by atoms with van der Waals surface area (Å²) in [5.41, 5.74) is 0.883. The van der Waals surface area contributed by atoms with Gasteiger partial charge in [-0.05, 0) is 18.6 Å². The molecule has 1 aliphatic rings. The predicted octanol–water partition coefficient (Wildman–Crippen LogP) is 3.05. The summed E-state index contributed by atoms with van der Waals surface area (Å²) in [5.74, 6) is 1.07. The molecule has 0 radical (unpaired) electrons. The summed E-state index contributed by atoms with van der Waals surface area (Å²) in [6.07, 6.45) is 1.33. The minimum Gasteiger partial charge on any atom is -0.493 e. The fourth-order valence-corrected chi connectivity index (χ4v) is 5.03. The van der Waals surface area contributed by atoms with E-state index in [0.29, 0.717) is 41.1 Å². The van der Waals surface area contributed by atoms with Crippen LogP contribution < -0.4 is 14.8 Å². The van der Waals surface area contributed by atoms with Crippen LogP contribution in [0.15, 0.2) is 27.9 Å². The molecule has 10 heteroatoms. The lowest BCUT2D eigenvalue weighted by molar-refractivity contribution is -0.128. The molecule has 3 rings (SSSR count). The number of carbonyl (C=O) groups excluding carboxylic acids is 1. The minimum atomic E-state index is -1.03. The lowest BCUT2D eigenvalue weighted by atomic mass is 10.2. The molecular weight excluding hydrogens is 414 g/mol. The Morgan fingerprint density at radius 2 is 2.24 bits per heavy atom. The molecule has 8 nitrogen and oxygen atoms in total. The fraction of sp³-hybridized carbons (Fsp3) is 0.421. The molecule has 156 valence electrons. The molecule has 0 unspecified atom stereocenters. The monoisotopic (exact) mass is 437 g/mol. The topological polar surface area (TPSA) is 101 Å². The van der Waals surface area contributed by atoms with E-state index in [1.807, 2.05) is 23.1 Å². The zero-order valence-corrected chi connectivity index (χ0v) is 17.8. The molecule has 1 atom stereocenters. The third-order valence-corrected chi connectivity index (χ3v) is 6.64. The van der Waals surface area contributed by atoms with Crippen LogP contribution in [-0.4, -0.2) is 66.0 Å². The van der Waals surface area contributed by atoms with Crippen LogP contribution in [-0.2, 0) is 4.79 Å². The second-order valence-electron chi connectivity index (χ2n) is 6.35. The summed E-state index contributed by atoms with van der Waals surface area (Å²) in [6, 6.07) is 5.73. The van der Waals surface area contributed by atoms with Gasteiger partial charge in [0, 0.05) is 36.7 Å². The van der Waals surface area contributed by atoms with Gasteiger partial charge in [0.25, 0.3) is 0 Å². The molecule has 2 aromatic rings. The van der Waals surface area contributed by atoms with Crippen LogP contribution in [0.2, 0.25) is 0 Å². The van der Waals surface area contributed by atoms with Gasteiger partial charge in [-0.3, -0.25) is 4.79 Å². The van der Waals surface area contributed by atoms with E-state index in [4.69, 9.17) is 14.6 Å². The van der Waals surface area contributed by atoms with Gasteiger partial charge in [-0.15, -0.1) is 11.3 Å². The van der Waals surface area contributed by atoms with Crippen molar-refractivity contribution in [3.63, 3.8) is 0 Å². The van der Waals surface area contributed by atoms with E-state index in [2.05, 4.69) is 10.3 Å². The van der Waals surface area contributed by atoms with E-state index in [-0.39, 0.29) is 17.6 Å². The van der Waals surface area contributed by atoms with Gasteiger partial charge in [-0.1, -0.05) is 17.8 Å². The summed E-state index contributed by atoms with van der Waals surface area (Å²) < 4.78 is 11.5. The molecule has 1 aliphatic heterocycles. The first-order valence-electron chi connectivity index (χ1n) is 9.09. The zero-order valence-electron chi connectivity index (χ0n) is 16.2. The highest BCUT2D eigenvalue weighted by Gasteiger charge is 2.30. The van der Waals surface area contributed by atoms with Crippen LogP contribution in [0.4, 0.5) is 5.69 Å². The molecule has 0 aliphatic carbocycles. The summed E-state index contributed by atoms with van der Waals surface area (Å²) in [7, 11) is 3.19. The summed E-state index contributed by atoms with van der Waals surface area (Å²) in [5, 5.41) is 13.8. The number of benzene rings is 1. The van der Waals surface area contributed by atoms with Gasteiger partial charge >= 0.3 is 5.97 Å². The van der Waals surface area contributed by atoms with Crippen molar-refractivity contribution in [2.24, 2.45) is 0 Å². The number of carboxylic acids is 1. The normalized spacial score (nSPS) is 16.1. The lowest BCUT2D eigenvalue weighted by Gasteiger charge is -2.25. The highest BCUT2D eigenvalue weighted by molar-refractivity contribution is 8.01. The zero-order chi connectivity index (χ0) is 20.8. The average molecular weight is 438 g/mol. The fourth-order valence-electron chi connectivity index (χ4n) is 3.22. The van der Waals surface area contributed by atoms with Crippen LogP contribution in [0.5, 0.6) is 11.5 Å². The van der Waals surface area contributed by atoms with Gasteiger partial charge in [0.05, 0.1) is 19.9 Å². The highest BCUT2D eigenvalue weighted by atomic mass is 32.2. The maximum Gasteiger partial charge on any atom is 0.355 e. The third kappa shape index (κ3) is 5.13. The van der Waals surface area contributed by atoms with Crippen molar-refractivity contribution in [3.8, 4) is 11.5 Å². The van der Waals surface area contributed by atoms with Crippen LogP contribution in [0.1, 0.15) is 23.3 Å². The van der Waals surface area contributed by atoms with Crippen molar-refractivity contribution in [1.82, 2.24) is 9.88 Å². The van der Waals surface area contributed by atoms with Crippen molar-refractivity contribution in [2.45, 2.75) is 23.2 Å². The molecule has 0 saturated carbocycles. The molecule has 1 saturated heterocycles. The number of carboxylic acid groups (broad SMARTS) is 1. The van der Waals surface area contributed by atoms with Crippen molar-refractivity contribution in [2.75, 3.05) is 38.4 Å². The quantitative estimate of drug-likeness (QED) is 0.547. The van der Waals surface area contributed by atoms with Crippen LogP contribution in [0, 0.1) is 0 Å². The van der Waals surface area contributed by atoms with E-state index >= 15 is 0 Å². The number of carbonyl (C=O) groups is 2. The number of methoxy groups -OCH3 is 2. The van der Waals surface area contributed by atoms with Gasteiger partial charge in [-0.25, -0.2) is 9.78 Å². The molecule has 1 amide bonds.